The summed E-state index contributed by atoms with van der Waals surface area (Å²) in [5.41, 5.74) is 0.773. The second-order valence-electron chi connectivity index (χ2n) is 4.11. The lowest BCUT2D eigenvalue weighted by atomic mass is 10.2. The van der Waals surface area contributed by atoms with Crippen molar-refractivity contribution in [2.45, 2.75) is 19.9 Å². The van der Waals surface area contributed by atoms with Crippen LogP contribution in [0.5, 0.6) is 0 Å². The number of hydrogen-bond acceptors (Lipinski definition) is 6. The van der Waals surface area contributed by atoms with E-state index in [1.807, 2.05) is 0 Å². The van der Waals surface area contributed by atoms with Gasteiger partial charge in [0.25, 0.3) is 5.91 Å². The van der Waals surface area contributed by atoms with Crippen molar-refractivity contribution < 1.29 is 14.1 Å². The third-order valence-electron chi connectivity index (χ3n) is 2.61. The Kier molecular flexibility index (Phi) is 4.08. The van der Waals surface area contributed by atoms with E-state index in [2.05, 4.69) is 15.4 Å². The predicted molar refractivity (Wildman–Crippen MR) is 67.1 cm³/mol. The number of amides is 1. The monoisotopic (exact) mass is 279 g/mol. The lowest BCUT2D eigenvalue weighted by Crippen LogP contribution is -2.25. The molecule has 0 spiro atoms. The first-order chi connectivity index (χ1) is 9.58. The summed E-state index contributed by atoms with van der Waals surface area (Å²) in [6.45, 7) is 2.62. The summed E-state index contributed by atoms with van der Waals surface area (Å²) in [4.78, 5) is 25.0. The molecule has 0 atom stereocenters. The van der Waals surface area contributed by atoms with Gasteiger partial charge in [-0.1, -0.05) is 4.98 Å². The highest BCUT2D eigenvalue weighted by Gasteiger charge is 2.13. The lowest BCUT2D eigenvalue weighted by molar-refractivity contribution is -0.394. The molecule has 0 unspecified atom stereocenters. The Morgan fingerprint density at radius 2 is 2.40 bits per heavy atom. The number of nitro groups is 1. The van der Waals surface area contributed by atoms with Gasteiger partial charge in [0.1, 0.15) is 0 Å². The van der Waals surface area contributed by atoms with Crippen molar-refractivity contribution in [2.24, 2.45) is 0 Å². The van der Waals surface area contributed by atoms with Crippen LogP contribution in [0.4, 0.5) is 5.95 Å². The van der Waals surface area contributed by atoms with Crippen LogP contribution in [0.1, 0.15) is 22.5 Å². The van der Waals surface area contributed by atoms with E-state index in [4.69, 9.17) is 4.42 Å². The minimum Gasteiger partial charge on any atom is -0.459 e. The molecule has 2 heterocycles. The fraction of sp³-hybridized carbons (Fsp3) is 0.364. The number of rotatable bonds is 6. The molecule has 0 aliphatic heterocycles. The smallest absolute Gasteiger partial charge is 0.459 e. The maximum absolute atomic E-state index is 11.7. The van der Waals surface area contributed by atoms with E-state index in [1.165, 1.54) is 17.3 Å². The molecule has 106 valence electrons. The predicted octanol–water partition coefficient (Wildman–Crippen LogP) is 0.908. The maximum Gasteiger partial charge on any atom is 0.490 e. The van der Waals surface area contributed by atoms with Crippen LogP contribution in [-0.2, 0) is 6.54 Å². The number of aryl methyl sites for hydroxylation is 2. The average Bonchev–Trinajstić information content (AvgIpc) is 3.03. The van der Waals surface area contributed by atoms with Crippen LogP contribution in [0.2, 0.25) is 0 Å². The summed E-state index contributed by atoms with van der Waals surface area (Å²) in [7, 11) is 0. The third kappa shape index (κ3) is 3.19. The van der Waals surface area contributed by atoms with Crippen molar-refractivity contribution >= 4 is 11.9 Å². The van der Waals surface area contributed by atoms with E-state index in [0.29, 0.717) is 25.3 Å². The van der Waals surface area contributed by atoms with Gasteiger partial charge in [0.15, 0.2) is 5.76 Å². The number of aromatic nitrogens is 3. The minimum atomic E-state index is -0.655. The zero-order chi connectivity index (χ0) is 14.5. The largest absolute Gasteiger partial charge is 0.490 e. The van der Waals surface area contributed by atoms with Crippen LogP contribution < -0.4 is 5.32 Å². The Morgan fingerprint density at radius 1 is 1.60 bits per heavy atom. The summed E-state index contributed by atoms with van der Waals surface area (Å²) in [5, 5.41) is 16.8. The van der Waals surface area contributed by atoms with Gasteiger partial charge >= 0.3 is 5.95 Å². The third-order valence-corrected chi connectivity index (χ3v) is 2.61. The maximum atomic E-state index is 11.7. The highest BCUT2D eigenvalue weighted by Crippen LogP contribution is 2.08. The minimum absolute atomic E-state index is 0.280. The zero-order valence-corrected chi connectivity index (χ0v) is 10.8. The van der Waals surface area contributed by atoms with Crippen LogP contribution in [0.15, 0.2) is 23.1 Å². The Bertz CT molecular complexity index is 618. The lowest BCUT2D eigenvalue weighted by Gasteiger charge is -2.02. The van der Waals surface area contributed by atoms with Gasteiger partial charge in [0.2, 0.25) is 6.33 Å². The van der Waals surface area contributed by atoms with Gasteiger partial charge in [0, 0.05) is 17.2 Å². The van der Waals surface area contributed by atoms with Crippen molar-refractivity contribution in [1.29, 1.82) is 0 Å². The standard InChI is InChI=1S/C11H13N5O4/c1-8-3-6-20-9(8)10(17)12-4-2-5-15-7-13-11(14-15)16(18)19/h3,6-7H,2,4-5H2,1H3,(H,12,17). The van der Waals surface area contributed by atoms with Crippen molar-refractivity contribution in [3.05, 3.63) is 40.1 Å². The Morgan fingerprint density at radius 3 is 3.00 bits per heavy atom. The van der Waals surface area contributed by atoms with Gasteiger partial charge in [-0.3, -0.25) is 4.79 Å². The normalized spacial score (nSPS) is 10.4. The Labute approximate surface area is 113 Å². The van der Waals surface area contributed by atoms with Crippen molar-refractivity contribution in [1.82, 2.24) is 20.1 Å². The van der Waals surface area contributed by atoms with Crippen molar-refractivity contribution in [3.8, 4) is 0 Å². The van der Waals surface area contributed by atoms with Crippen LogP contribution in [-0.4, -0.2) is 32.1 Å². The molecule has 20 heavy (non-hydrogen) atoms. The molecule has 0 radical (unpaired) electrons. The molecular formula is C11H13N5O4. The van der Waals surface area contributed by atoms with E-state index in [-0.39, 0.29) is 5.91 Å². The quantitative estimate of drug-likeness (QED) is 0.477. The topological polar surface area (TPSA) is 116 Å². The van der Waals surface area contributed by atoms with Crippen molar-refractivity contribution in [3.63, 3.8) is 0 Å². The van der Waals surface area contributed by atoms with Gasteiger partial charge in [-0.25, -0.2) is 0 Å². The molecule has 9 heteroatoms. The molecule has 0 fully saturated rings. The molecule has 1 amide bonds. The van der Waals surface area contributed by atoms with E-state index >= 15 is 0 Å². The van der Waals surface area contributed by atoms with Crippen LogP contribution >= 0.6 is 0 Å². The molecule has 2 aromatic rings. The summed E-state index contributed by atoms with van der Waals surface area (Å²) in [5.74, 6) is -0.418. The number of carbonyl (C=O) groups is 1. The van der Waals surface area contributed by atoms with E-state index in [0.717, 1.165) is 5.56 Å². The Balaban J connectivity index is 1.75. The number of nitrogens with zero attached hydrogens (tertiary/aromatic N) is 4. The molecule has 1 N–H and O–H groups in total. The van der Waals surface area contributed by atoms with E-state index in [1.54, 1.807) is 13.0 Å². The number of hydrogen-bond donors (Lipinski definition) is 1. The summed E-state index contributed by atoms with van der Waals surface area (Å²) < 4.78 is 6.42. The van der Waals surface area contributed by atoms with Gasteiger partial charge in [-0.15, -0.1) is 0 Å². The van der Waals surface area contributed by atoms with E-state index in [9.17, 15) is 14.9 Å². The number of nitrogens with one attached hydrogen (secondary N) is 1. The average molecular weight is 279 g/mol. The number of furan rings is 1. The molecule has 0 aromatic carbocycles. The number of carbonyl (C=O) groups excluding carboxylic acids is 1. The first kappa shape index (κ1) is 13.7. The SMILES string of the molecule is Cc1ccoc1C(=O)NCCCn1cnc([N+](=O)[O-])n1. The van der Waals surface area contributed by atoms with Gasteiger partial charge in [-0.05, 0) is 24.3 Å². The fourth-order valence-corrected chi connectivity index (χ4v) is 1.60. The summed E-state index contributed by atoms with van der Waals surface area (Å²) in [6, 6.07) is 1.71. The van der Waals surface area contributed by atoms with Crippen LogP contribution in [0.25, 0.3) is 0 Å². The van der Waals surface area contributed by atoms with Gasteiger partial charge < -0.3 is 19.8 Å². The first-order valence-corrected chi connectivity index (χ1v) is 5.94. The summed E-state index contributed by atoms with van der Waals surface area (Å²) in [6.07, 6.45) is 3.32. The first-order valence-electron chi connectivity index (χ1n) is 5.94. The molecule has 9 nitrogen and oxygen atoms in total. The fourth-order valence-electron chi connectivity index (χ4n) is 1.60. The second kappa shape index (κ2) is 5.95. The molecule has 0 saturated heterocycles. The molecule has 0 aliphatic carbocycles. The van der Waals surface area contributed by atoms with Crippen LogP contribution in [0, 0.1) is 17.0 Å². The van der Waals surface area contributed by atoms with E-state index < -0.39 is 10.9 Å². The summed E-state index contributed by atoms with van der Waals surface area (Å²) >= 11 is 0. The van der Waals surface area contributed by atoms with Crippen molar-refractivity contribution in [2.75, 3.05) is 6.54 Å². The van der Waals surface area contributed by atoms with Gasteiger partial charge in [0.05, 0.1) is 12.8 Å². The molecule has 2 aromatic heterocycles. The molecule has 0 aliphatic rings. The highest BCUT2D eigenvalue weighted by molar-refractivity contribution is 5.92. The van der Waals surface area contributed by atoms with Gasteiger partial charge in [-0.2, -0.15) is 4.68 Å². The molecule has 0 saturated carbocycles. The molecule has 0 bridgehead atoms. The van der Waals surface area contributed by atoms with Crippen LogP contribution in [0.3, 0.4) is 0 Å². The molecular weight excluding hydrogens is 266 g/mol. The Hall–Kier alpha value is -2.71. The molecule has 2 rings (SSSR count). The second-order valence-corrected chi connectivity index (χ2v) is 4.11. The highest BCUT2D eigenvalue weighted by atomic mass is 16.6. The zero-order valence-electron chi connectivity index (χ0n) is 10.8.